The second kappa shape index (κ2) is 14.1. The minimum absolute atomic E-state index is 0.0543. The van der Waals surface area contributed by atoms with E-state index in [0.717, 1.165) is 16.7 Å². The predicted molar refractivity (Wildman–Crippen MR) is 149 cm³/mol. The lowest BCUT2D eigenvalue weighted by molar-refractivity contribution is -0.141. The Kier molecular flexibility index (Phi) is 10.6. The fourth-order valence-electron chi connectivity index (χ4n) is 4.33. The molecule has 7 heteroatoms. The largest absolute Gasteiger partial charge is 0.497 e. The lowest BCUT2D eigenvalue weighted by atomic mass is 10.0. The normalized spacial score (nSPS) is 11.5. The van der Waals surface area contributed by atoms with Crippen molar-refractivity contribution in [3.05, 3.63) is 89.5 Å². The van der Waals surface area contributed by atoms with Gasteiger partial charge >= 0.3 is 0 Å². The van der Waals surface area contributed by atoms with Gasteiger partial charge in [0, 0.05) is 25.4 Å². The van der Waals surface area contributed by atoms with Crippen molar-refractivity contribution in [2.75, 3.05) is 21.3 Å². The number of amides is 2. The molecule has 38 heavy (non-hydrogen) atoms. The van der Waals surface area contributed by atoms with E-state index in [0.29, 0.717) is 30.1 Å². The summed E-state index contributed by atoms with van der Waals surface area (Å²) in [5, 5.41) is 3.02. The van der Waals surface area contributed by atoms with Crippen LogP contribution in [0.25, 0.3) is 0 Å². The van der Waals surface area contributed by atoms with E-state index in [2.05, 4.69) is 5.32 Å². The first kappa shape index (κ1) is 28.6. The van der Waals surface area contributed by atoms with E-state index in [1.165, 1.54) is 0 Å². The average Bonchev–Trinajstić information content (AvgIpc) is 2.93. The molecule has 0 unspecified atom stereocenters. The summed E-state index contributed by atoms with van der Waals surface area (Å²) in [5.41, 5.74) is 2.82. The van der Waals surface area contributed by atoms with Crippen LogP contribution in [-0.2, 0) is 29.0 Å². The zero-order valence-electron chi connectivity index (χ0n) is 22.9. The Bertz CT molecular complexity index is 1200. The van der Waals surface area contributed by atoms with Crippen LogP contribution in [-0.4, -0.2) is 50.1 Å². The molecular formula is C31H38N2O5. The molecule has 0 aromatic heterocycles. The number of methoxy groups -OCH3 is 3. The van der Waals surface area contributed by atoms with Crippen LogP contribution in [0.4, 0.5) is 0 Å². The maximum absolute atomic E-state index is 13.8. The molecule has 0 fully saturated rings. The number of hydrogen-bond acceptors (Lipinski definition) is 5. The van der Waals surface area contributed by atoms with Gasteiger partial charge in [-0.3, -0.25) is 9.59 Å². The van der Waals surface area contributed by atoms with Crippen molar-refractivity contribution < 1.29 is 23.8 Å². The zero-order chi connectivity index (χ0) is 27.5. The number of carbonyl (C=O) groups excluding carboxylic acids is 2. The number of aryl methyl sites for hydroxylation is 1. The van der Waals surface area contributed by atoms with Crippen molar-refractivity contribution in [2.45, 2.75) is 51.7 Å². The molecule has 0 bridgehead atoms. The minimum Gasteiger partial charge on any atom is -0.497 e. The molecule has 7 nitrogen and oxygen atoms in total. The minimum atomic E-state index is -0.677. The molecule has 0 saturated heterocycles. The molecule has 3 aromatic carbocycles. The maximum atomic E-state index is 13.8. The number of nitrogens with zero attached hydrogens (tertiary/aromatic N) is 1. The highest BCUT2D eigenvalue weighted by Crippen LogP contribution is 2.28. The molecule has 0 aliphatic rings. The lowest BCUT2D eigenvalue weighted by Crippen LogP contribution is -2.51. The smallest absolute Gasteiger partial charge is 0.243 e. The second-order valence-electron chi connectivity index (χ2n) is 9.43. The van der Waals surface area contributed by atoms with Crippen molar-refractivity contribution >= 4 is 11.8 Å². The van der Waals surface area contributed by atoms with E-state index in [-0.39, 0.29) is 30.8 Å². The van der Waals surface area contributed by atoms with Gasteiger partial charge in [0.15, 0.2) is 11.5 Å². The maximum Gasteiger partial charge on any atom is 0.243 e. The van der Waals surface area contributed by atoms with Gasteiger partial charge in [-0.25, -0.2) is 0 Å². The topological polar surface area (TPSA) is 77.1 Å². The second-order valence-corrected chi connectivity index (χ2v) is 9.43. The van der Waals surface area contributed by atoms with Gasteiger partial charge in [-0.2, -0.15) is 0 Å². The summed E-state index contributed by atoms with van der Waals surface area (Å²) in [6.07, 6.45) is 1.14. The van der Waals surface area contributed by atoms with Crippen LogP contribution in [0, 0.1) is 0 Å². The van der Waals surface area contributed by atoms with E-state index in [4.69, 9.17) is 14.2 Å². The van der Waals surface area contributed by atoms with Gasteiger partial charge in [0.1, 0.15) is 11.8 Å². The van der Waals surface area contributed by atoms with Crippen molar-refractivity contribution in [3.63, 3.8) is 0 Å². The number of carbonyl (C=O) groups is 2. The molecule has 2 amide bonds. The van der Waals surface area contributed by atoms with Gasteiger partial charge in [-0.05, 0) is 61.2 Å². The standard InChI is InChI=1S/C31H38N2O5/c1-22(2)32-31(35)27(19-23-10-7-6-8-11-23)33(21-25-12-9-13-26(18-25)36-3)30(34)17-15-24-14-16-28(37-4)29(20-24)38-5/h6-14,16,18,20,22,27H,15,17,19,21H2,1-5H3,(H,32,35)/t27-/m0/s1. The van der Waals surface area contributed by atoms with E-state index < -0.39 is 6.04 Å². The molecule has 3 rings (SSSR count). The molecule has 1 atom stereocenters. The van der Waals surface area contributed by atoms with Gasteiger partial charge in [0.2, 0.25) is 11.8 Å². The number of nitrogens with one attached hydrogen (secondary N) is 1. The van der Waals surface area contributed by atoms with Crippen LogP contribution in [0.1, 0.15) is 37.0 Å². The fraction of sp³-hybridized carbons (Fsp3) is 0.355. The molecule has 0 spiro atoms. The van der Waals surface area contributed by atoms with Crippen molar-refractivity contribution in [2.24, 2.45) is 0 Å². The van der Waals surface area contributed by atoms with Crippen molar-refractivity contribution in [1.82, 2.24) is 10.2 Å². The Balaban J connectivity index is 1.92. The van der Waals surface area contributed by atoms with Gasteiger partial charge in [-0.1, -0.05) is 48.5 Å². The molecule has 0 radical (unpaired) electrons. The summed E-state index contributed by atoms with van der Waals surface area (Å²) in [7, 11) is 4.79. The van der Waals surface area contributed by atoms with Crippen LogP contribution < -0.4 is 19.5 Å². The van der Waals surface area contributed by atoms with Crippen molar-refractivity contribution in [3.8, 4) is 17.2 Å². The Morgan fingerprint density at radius 3 is 2.16 bits per heavy atom. The third-order valence-electron chi connectivity index (χ3n) is 6.26. The van der Waals surface area contributed by atoms with E-state index in [9.17, 15) is 9.59 Å². The Morgan fingerprint density at radius 1 is 0.789 bits per heavy atom. The average molecular weight is 519 g/mol. The highest BCUT2D eigenvalue weighted by molar-refractivity contribution is 5.88. The quantitative estimate of drug-likeness (QED) is 0.351. The van der Waals surface area contributed by atoms with Crippen molar-refractivity contribution in [1.29, 1.82) is 0 Å². The molecule has 3 aromatic rings. The Hall–Kier alpha value is -4.00. The molecule has 0 aliphatic carbocycles. The highest BCUT2D eigenvalue weighted by Gasteiger charge is 2.30. The first-order chi connectivity index (χ1) is 18.3. The molecule has 202 valence electrons. The van der Waals surface area contributed by atoms with Crippen LogP contribution in [0.5, 0.6) is 17.2 Å². The van der Waals surface area contributed by atoms with Crippen LogP contribution in [0.2, 0.25) is 0 Å². The van der Waals surface area contributed by atoms with Gasteiger partial charge < -0.3 is 24.4 Å². The van der Waals surface area contributed by atoms with Gasteiger partial charge in [0.05, 0.1) is 21.3 Å². The molecule has 1 N–H and O–H groups in total. The predicted octanol–water partition coefficient (Wildman–Crippen LogP) is 4.81. The van der Waals surface area contributed by atoms with E-state index in [1.807, 2.05) is 86.6 Å². The summed E-state index contributed by atoms with van der Waals surface area (Å²) < 4.78 is 16.1. The van der Waals surface area contributed by atoms with Gasteiger partial charge in [0.25, 0.3) is 0 Å². The summed E-state index contributed by atoms with van der Waals surface area (Å²) in [5.74, 6) is 1.67. The van der Waals surface area contributed by atoms with Crippen LogP contribution >= 0.6 is 0 Å². The first-order valence-corrected chi connectivity index (χ1v) is 12.8. The molecule has 0 aliphatic heterocycles. The third-order valence-corrected chi connectivity index (χ3v) is 6.26. The monoisotopic (exact) mass is 518 g/mol. The molecule has 0 heterocycles. The fourth-order valence-corrected chi connectivity index (χ4v) is 4.33. The summed E-state index contributed by atoms with van der Waals surface area (Å²) in [6, 6.07) is 22.3. The summed E-state index contributed by atoms with van der Waals surface area (Å²) in [6.45, 7) is 4.12. The highest BCUT2D eigenvalue weighted by atomic mass is 16.5. The number of benzene rings is 3. The SMILES string of the molecule is COc1cccc(CN(C(=O)CCc2ccc(OC)c(OC)c2)[C@@H](Cc2ccccc2)C(=O)NC(C)C)c1. The summed E-state index contributed by atoms with van der Waals surface area (Å²) in [4.78, 5) is 29.0. The summed E-state index contributed by atoms with van der Waals surface area (Å²) >= 11 is 0. The number of hydrogen-bond donors (Lipinski definition) is 1. The van der Waals surface area contributed by atoms with E-state index >= 15 is 0 Å². The Labute approximate surface area is 225 Å². The first-order valence-electron chi connectivity index (χ1n) is 12.8. The zero-order valence-corrected chi connectivity index (χ0v) is 22.9. The number of ether oxygens (including phenoxy) is 3. The van der Waals surface area contributed by atoms with Gasteiger partial charge in [-0.15, -0.1) is 0 Å². The molecule has 0 saturated carbocycles. The molecular weight excluding hydrogens is 480 g/mol. The number of rotatable bonds is 13. The van der Waals surface area contributed by atoms with E-state index in [1.54, 1.807) is 26.2 Å². The lowest BCUT2D eigenvalue weighted by Gasteiger charge is -2.32. The van der Waals surface area contributed by atoms with Crippen LogP contribution in [0.15, 0.2) is 72.8 Å². The Morgan fingerprint density at radius 2 is 1.50 bits per heavy atom. The van der Waals surface area contributed by atoms with Crippen LogP contribution in [0.3, 0.4) is 0 Å². The third kappa shape index (κ3) is 8.00.